The molecule has 2 aromatic carbocycles. The van der Waals surface area contributed by atoms with Crippen molar-refractivity contribution in [2.24, 2.45) is 4.99 Å². The van der Waals surface area contributed by atoms with Crippen molar-refractivity contribution < 1.29 is 9.47 Å². The molecule has 0 saturated carbocycles. The molecule has 4 heteroatoms. The second-order valence-corrected chi connectivity index (χ2v) is 4.95. The Morgan fingerprint density at radius 1 is 1.05 bits per heavy atom. The molecule has 0 unspecified atom stereocenters. The highest BCUT2D eigenvalue weighted by atomic mass is 16.5. The van der Waals surface area contributed by atoms with E-state index in [0.29, 0.717) is 6.73 Å². The van der Waals surface area contributed by atoms with Gasteiger partial charge in [0, 0.05) is 30.5 Å². The van der Waals surface area contributed by atoms with E-state index in [1.54, 1.807) is 14.2 Å². The van der Waals surface area contributed by atoms with E-state index in [1.807, 2.05) is 42.6 Å². The van der Waals surface area contributed by atoms with Crippen molar-refractivity contribution in [2.75, 3.05) is 14.2 Å². The predicted octanol–water partition coefficient (Wildman–Crippen LogP) is 4.00. The van der Waals surface area contributed by atoms with E-state index in [4.69, 9.17) is 9.47 Å². The summed E-state index contributed by atoms with van der Waals surface area (Å²) in [5.74, 6) is 0.829. The first-order chi connectivity index (χ1) is 10.8. The normalized spacial score (nSPS) is 11.4. The first-order valence-corrected chi connectivity index (χ1v) is 7.07. The maximum Gasteiger partial charge on any atom is 0.122 e. The van der Waals surface area contributed by atoms with Gasteiger partial charge in [-0.1, -0.05) is 18.2 Å². The number of rotatable bonds is 5. The molecule has 3 aromatic rings. The summed E-state index contributed by atoms with van der Waals surface area (Å²) in [6.45, 7) is 0.525. The Morgan fingerprint density at radius 3 is 2.55 bits per heavy atom. The lowest BCUT2D eigenvalue weighted by molar-refractivity contribution is 0.135. The Labute approximate surface area is 129 Å². The maximum atomic E-state index is 5.24. The van der Waals surface area contributed by atoms with Crippen molar-refractivity contribution in [2.45, 2.75) is 6.73 Å². The van der Waals surface area contributed by atoms with Crippen molar-refractivity contribution in [1.29, 1.82) is 0 Å². The first kappa shape index (κ1) is 14.4. The molecule has 0 N–H and O–H groups in total. The van der Waals surface area contributed by atoms with Gasteiger partial charge in [-0.2, -0.15) is 0 Å². The second kappa shape index (κ2) is 6.45. The quantitative estimate of drug-likeness (QED) is 0.667. The summed E-state index contributed by atoms with van der Waals surface area (Å²) in [5.41, 5.74) is 3.10. The fourth-order valence-electron chi connectivity index (χ4n) is 2.44. The monoisotopic (exact) mass is 294 g/mol. The molecular formula is C18H18N2O2. The van der Waals surface area contributed by atoms with Gasteiger partial charge in [0.05, 0.1) is 18.3 Å². The van der Waals surface area contributed by atoms with Crippen molar-refractivity contribution in [3.63, 3.8) is 0 Å². The molecular weight excluding hydrogens is 276 g/mol. The highest BCUT2D eigenvalue weighted by Crippen LogP contribution is 2.22. The number of fused-ring (bicyclic) bond motifs is 1. The first-order valence-electron chi connectivity index (χ1n) is 7.07. The number of aromatic nitrogens is 1. The van der Waals surface area contributed by atoms with Crippen molar-refractivity contribution >= 4 is 22.8 Å². The number of nitrogens with zero attached hydrogens (tertiary/aromatic N) is 2. The molecule has 22 heavy (non-hydrogen) atoms. The molecule has 3 rings (SSSR count). The van der Waals surface area contributed by atoms with Crippen LogP contribution in [0.2, 0.25) is 0 Å². The Hall–Kier alpha value is -2.59. The van der Waals surface area contributed by atoms with Crippen LogP contribution in [-0.4, -0.2) is 25.0 Å². The van der Waals surface area contributed by atoms with Gasteiger partial charge in [0.25, 0.3) is 0 Å². The van der Waals surface area contributed by atoms with Gasteiger partial charge in [-0.3, -0.25) is 4.99 Å². The van der Waals surface area contributed by atoms with Crippen molar-refractivity contribution in [3.05, 3.63) is 60.3 Å². The number of para-hydroxylation sites is 1. The van der Waals surface area contributed by atoms with Crippen molar-refractivity contribution in [1.82, 2.24) is 4.57 Å². The standard InChI is InChI=1S/C18H18N2O2/c1-21-13-20-12-14(17-5-3-4-6-18(17)20)11-19-15-7-9-16(22-2)10-8-15/h3-12H,13H2,1-2H3. The van der Waals surface area contributed by atoms with Crippen LogP contribution in [0.25, 0.3) is 10.9 Å². The van der Waals surface area contributed by atoms with Crippen LogP contribution < -0.4 is 4.74 Å². The topological polar surface area (TPSA) is 35.8 Å². The molecule has 0 amide bonds. The van der Waals surface area contributed by atoms with E-state index in [-0.39, 0.29) is 0 Å². The number of hydrogen-bond acceptors (Lipinski definition) is 3. The van der Waals surface area contributed by atoms with E-state index in [9.17, 15) is 0 Å². The molecule has 4 nitrogen and oxygen atoms in total. The summed E-state index contributed by atoms with van der Waals surface area (Å²) < 4.78 is 12.5. The van der Waals surface area contributed by atoms with E-state index in [2.05, 4.69) is 27.9 Å². The summed E-state index contributed by atoms with van der Waals surface area (Å²) in [5, 5.41) is 1.16. The molecule has 0 fully saturated rings. The third-order valence-corrected chi connectivity index (χ3v) is 3.51. The van der Waals surface area contributed by atoms with E-state index in [0.717, 1.165) is 27.9 Å². The lowest BCUT2D eigenvalue weighted by Crippen LogP contribution is -1.96. The number of methoxy groups -OCH3 is 2. The molecule has 0 saturated heterocycles. The Morgan fingerprint density at radius 2 is 1.82 bits per heavy atom. The van der Waals surface area contributed by atoms with Crippen LogP contribution in [0.5, 0.6) is 5.75 Å². The number of hydrogen-bond donors (Lipinski definition) is 0. The van der Waals surface area contributed by atoms with Crippen LogP contribution in [0.4, 0.5) is 5.69 Å². The maximum absolute atomic E-state index is 5.24. The molecule has 1 aromatic heterocycles. The smallest absolute Gasteiger partial charge is 0.122 e. The number of aliphatic imine (C=N–C) groups is 1. The zero-order valence-electron chi connectivity index (χ0n) is 12.7. The molecule has 1 heterocycles. The molecule has 0 aliphatic carbocycles. The minimum atomic E-state index is 0.525. The van der Waals surface area contributed by atoms with E-state index in [1.165, 1.54) is 0 Å². The zero-order chi connectivity index (χ0) is 15.4. The number of benzene rings is 2. The van der Waals surface area contributed by atoms with Gasteiger partial charge >= 0.3 is 0 Å². The second-order valence-electron chi connectivity index (χ2n) is 4.95. The van der Waals surface area contributed by atoms with Crippen LogP contribution in [0.1, 0.15) is 5.56 Å². The SMILES string of the molecule is COCn1cc(C=Nc2ccc(OC)cc2)c2ccccc21. The molecule has 0 radical (unpaired) electrons. The van der Waals surface area contributed by atoms with Gasteiger partial charge in [0.1, 0.15) is 12.5 Å². The van der Waals surface area contributed by atoms with Gasteiger partial charge in [-0.05, 0) is 30.3 Å². The van der Waals surface area contributed by atoms with Gasteiger partial charge < -0.3 is 14.0 Å². The predicted molar refractivity (Wildman–Crippen MR) is 89.2 cm³/mol. The summed E-state index contributed by atoms with van der Waals surface area (Å²) >= 11 is 0. The van der Waals surface area contributed by atoms with Crippen LogP contribution in [0.15, 0.2) is 59.7 Å². The fraction of sp³-hybridized carbons (Fsp3) is 0.167. The molecule has 112 valence electrons. The van der Waals surface area contributed by atoms with Crippen LogP contribution >= 0.6 is 0 Å². The van der Waals surface area contributed by atoms with Crippen molar-refractivity contribution in [3.8, 4) is 5.75 Å². The van der Waals surface area contributed by atoms with Crippen LogP contribution in [-0.2, 0) is 11.5 Å². The lowest BCUT2D eigenvalue weighted by Gasteiger charge is -2.01. The third kappa shape index (κ3) is 2.87. The van der Waals surface area contributed by atoms with Crippen LogP contribution in [0.3, 0.4) is 0 Å². The summed E-state index contributed by atoms with van der Waals surface area (Å²) in [4.78, 5) is 4.54. The highest BCUT2D eigenvalue weighted by molar-refractivity contribution is 6.00. The van der Waals surface area contributed by atoms with Gasteiger partial charge in [0.15, 0.2) is 0 Å². The molecule has 0 aliphatic heterocycles. The zero-order valence-corrected chi connectivity index (χ0v) is 12.7. The van der Waals surface area contributed by atoms with E-state index >= 15 is 0 Å². The Bertz CT molecular complexity index is 788. The Balaban J connectivity index is 1.93. The molecule has 0 spiro atoms. The largest absolute Gasteiger partial charge is 0.497 e. The Kier molecular flexibility index (Phi) is 4.21. The average Bonchev–Trinajstić information content (AvgIpc) is 2.92. The molecule has 0 bridgehead atoms. The van der Waals surface area contributed by atoms with Gasteiger partial charge in [-0.15, -0.1) is 0 Å². The summed E-state index contributed by atoms with van der Waals surface area (Å²) in [7, 11) is 3.35. The minimum absolute atomic E-state index is 0.525. The highest BCUT2D eigenvalue weighted by Gasteiger charge is 2.05. The minimum Gasteiger partial charge on any atom is -0.497 e. The summed E-state index contributed by atoms with van der Waals surface area (Å²) in [6, 6.07) is 15.9. The van der Waals surface area contributed by atoms with Gasteiger partial charge in [0.2, 0.25) is 0 Å². The van der Waals surface area contributed by atoms with Gasteiger partial charge in [-0.25, -0.2) is 0 Å². The third-order valence-electron chi connectivity index (χ3n) is 3.51. The average molecular weight is 294 g/mol. The molecule has 0 atom stereocenters. The fourth-order valence-corrected chi connectivity index (χ4v) is 2.44. The lowest BCUT2D eigenvalue weighted by atomic mass is 10.2. The summed E-state index contributed by atoms with van der Waals surface area (Å²) in [6.07, 6.45) is 3.94. The molecule has 0 aliphatic rings. The number of ether oxygens (including phenoxy) is 2. The van der Waals surface area contributed by atoms with Crippen LogP contribution in [0, 0.1) is 0 Å². The van der Waals surface area contributed by atoms with E-state index < -0.39 is 0 Å².